The molecule has 4 rings (SSSR count). The molecule has 3 heteroatoms. The molecule has 1 heterocycles. The molecule has 0 saturated carbocycles. The molecule has 4 aromatic rings. The molecule has 132 valence electrons. The Kier molecular flexibility index (Phi) is 4.58. The van der Waals surface area contributed by atoms with Crippen molar-refractivity contribution >= 4 is 11.6 Å². The van der Waals surface area contributed by atoms with E-state index in [1.807, 2.05) is 90.6 Å². The number of hydrogen-bond donors (Lipinski definition) is 1. The number of amides is 1. The lowest BCUT2D eigenvalue weighted by Crippen LogP contribution is -2.13. The average Bonchev–Trinajstić information content (AvgIpc) is 3.25. The number of nitrogens with zero attached hydrogens (tertiary/aromatic N) is 1. The second-order valence-corrected chi connectivity index (χ2v) is 6.49. The summed E-state index contributed by atoms with van der Waals surface area (Å²) in [5, 5.41) is 3.05. The fourth-order valence-corrected chi connectivity index (χ4v) is 3.05. The van der Waals surface area contributed by atoms with Crippen molar-refractivity contribution in [1.29, 1.82) is 0 Å². The summed E-state index contributed by atoms with van der Waals surface area (Å²) < 4.78 is 2.01. The Bertz CT molecular complexity index is 1050. The van der Waals surface area contributed by atoms with Crippen LogP contribution in [0.5, 0.6) is 0 Å². The second-order valence-electron chi connectivity index (χ2n) is 6.49. The normalized spacial score (nSPS) is 10.6. The topological polar surface area (TPSA) is 34.0 Å². The first kappa shape index (κ1) is 16.9. The van der Waals surface area contributed by atoms with Crippen LogP contribution in [-0.2, 0) is 0 Å². The summed E-state index contributed by atoms with van der Waals surface area (Å²) >= 11 is 0. The first-order chi connectivity index (χ1) is 13.2. The van der Waals surface area contributed by atoms with Gasteiger partial charge in [-0.2, -0.15) is 0 Å². The SMILES string of the molecule is Cc1ccc(-c2ccccc2)cc1NC(=O)c1ccc(-n2cccc2)cc1. The second kappa shape index (κ2) is 7.34. The van der Waals surface area contributed by atoms with Gasteiger partial charge in [0.2, 0.25) is 0 Å². The van der Waals surface area contributed by atoms with Gasteiger partial charge >= 0.3 is 0 Å². The maximum absolute atomic E-state index is 12.7. The Balaban J connectivity index is 1.56. The van der Waals surface area contributed by atoms with Crippen molar-refractivity contribution in [3.63, 3.8) is 0 Å². The summed E-state index contributed by atoms with van der Waals surface area (Å²) in [5.74, 6) is -0.109. The molecule has 0 aliphatic heterocycles. The van der Waals surface area contributed by atoms with Crippen LogP contribution in [0.4, 0.5) is 5.69 Å². The lowest BCUT2D eigenvalue weighted by atomic mass is 10.0. The number of aryl methyl sites for hydroxylation is 1. The van der Waals surface area contributed by atoms with E-state index in [-0.39, 0.29) is 5.91 Å². The molecule has 0 radical (unpaired) electrons. The van der Waals surface area contributed by atoms with Gasteiger partial charge in [0, 0.05) is 29.3 Å². The van der Waals surface area contributed by atoms with Gasteiger partial charge in [0.15, 0.2) is 0 Å². The Labute approximate surface area is 158 Å². The van der Waals surface area contributed by atoms with Gasteiger partial charge in [-0.25, -0.2) is 0 Å². The molecule has 0 aliphatic carbocycles. The third kappa shape index (κ3) is 3.67. The Morgan fingerprint density at radius 2 is 1.48 bits per heavy atom. The van der Waals surface area contributed by atoms with Crippen molar-refractivity contribution in [2.24, 2.45) is 0 Å². The Hall–Kier alpha value is -3.59. The molecule has 0 fully saturated rings. The summed E-state index contributed by atoms with van der Waals surface area (Å²) in [6, 6.07) is 27.8. The van der Waals surface area contributed by atoms with Crippen molar-refractivity contribution < 1.29 is 4.79 Å². The first-order valence-electron chi connectivity index (χ1n) is 8.91. The number of hydrogen-bond acceptors (Lipinski definition) is 1. The molecule has 0 aliphatic rings. The van der Waals surface area contributed by atoms with Crippen LogP contribution in [0.15, 0.2) is 97.3 Å². The first-order valence-corrected chi connectivity index (χ1v) is 8.91. The number of rotatable bonds is 4. The highest BCUT2D eigenvalue weighted by Gasteiger charge is 2.09. The highest BCUT2D eigenvalue weighted by atomic mass is 16.1. The highest BCUT2D eigenvalue weighted by molar-refractivity contribution is 6.05. The smallest absolute Gasteiger partial charge is 0.255 e. The van der Waals surface area contributed by atoms with Crippen molar-refractivity contribution in [2.45, 2.75) is 6.92 Å². The molecular weight excluding hydrogens is 332 g/mol. The maximum Gasteiger partial charge on any atom is 0.255 e. The summed E-state index contributed by atoms with van der Waals surface area (Å²) in [6.45, 7) is 2.00. The van der Waals surface area contributed by atoms with E-state index in [0.717, 1.165) is 28.1 Å². The Morgan fingerprint density at radius 1 is 0.778 bits per heavy atom. The molecule has 1 N–H and O–H groups in total. The summed E-state index contributed by atoms with van der Waals surface area (Å²) in [6.07, 6.45) is 3.96. The van der Waals surface area contributed by atoms with Crippen LogP contribution in [0.1, 0.15) is 15.9 Å². The lowest BCUT2D eigenvalue weighted by Gasteiger charge is -2.11. The van der Waals surface area contributed by atoms with Crippen molar-refractivity contribution in [3.05, 3.63) is 108 Å². The van der Waals surface area contributed by atoms with Gasteiger partial charge in [0.05, 0.1) is 0 Å². The lowest BCUT2D eigenvalue weighted by molar-refractivity contribution is 0.102. The van der Waals surface area contributed by atoms with Gasteiger partial charge in [0.25, 0.3) is 5.91 Å². The van der Waals surface area contributed by atoms with Gasteiger partial charge in [-0.1, -0.05) is 42.5 Å². The molecule has 0 spiro atoms. The van der Waals surface area contributed by atoms with Crippen molar-refractivity contribution in [2.75, 3.05) is 5.32 Å². The zero-order valence-electron chi connectivity index (χ0n) is 15.1. The number of nitrogens with one attached hydrogen (secondary N) is 1. The van der Waals surface area contributed by atoms with Crippen LogP contribution < -0.4 is 5.32 Å². The number of benzene rings is 3. The zero-order valence-corrected chi connectivity index (χ0v) is 15.1. The number of carbonyl (C=O) groups excluding carboxylic acids is 1. The third-order valence-corrected chi connectivity index (χ3v) is 4.62. The minimum Gasteiger partial charge on any atom is -0.324 e. The van der Waals surface area contributed by atoms with E-state index in [2.05, 4.69) is 23.5 Å². The summed E-state index contributed by atoms with van der Waals surface area (Å²) in [7, 11) is 0. The standard InChI is InChI=1S/C24H20N2O/c1-18-9-10-21(19-7-3-2-4-8-19)17-23(18)25-24(27)20-11-13-22(14-12-20)26-15-5-6-16-26/h2-17H,1H3,(H,25,27). The van der Waals surface area contributed by atoms with Crippen LogP contribution in [0.3, 0.4) is 0 Å². The van der Waals surface area contributed by atoms with Gasteiger partial charge in [0.1, 0.15) is 0 Å². The van der Waals surface area contributed by atoms with E-state index in [4.69, 9.17) is 0 Å². The van der Waals surface area contributed by atoms with Crippen LogP contribution >= 0.6 is 0 Å². The molecule has 0 bridgehead atoms. The minimum atomic E-state index is -0.109. The molecule has 0 atom stereocenters. The quantitative estimate of drug-likeness (QED) is 0.502. The van der Waals surface area contributed by atoms with E-state index in [0.29, 0.717) is 5.56 Å². The van der Waals surface area contributed by atoms with Crippen LogP contribution in [0, 0.1) is 6.92 Å². The minimum absolute atomic E-state index is 0.109. The molecule has 3 nitrogen and oxygen atoms in total. The molecule has 27 heavy (non-hydrogen) atoms. The predicted molar refractivity (Wildman–Crippen MR) is 110 cm³/mol. The number of aromatic nitrogens is 1. The molecular formula is C24H20N2O. The zero-order chi connectivity index (χ0) is 18.6. The van der Waals surface area contributed by atoms with Crippen LogP contribution in [0.25, 0.3) is 16.8 Å². The monoisotopic (exact) mass is 352 g/mol. The fraction of sp³-hybridized carbons (Fsp3) is 0.0417. The van der Waals surface area contributed by atoms with E-state index < -0.39 is 0 Å². The largest absolute Gasteiger partial charge is 0.324 e. The van der Waals surface area contributed by atoms with E-state index >= 15 is 0 Å². The summed E-state index contributed by atoms with van der Waals surface area (Å²) in [4.78, 5) is 12.7. The third-order valence-electron chi connectivity index (χ3n) is 4.62. The van der Waals surface area contributed by atoms with Crippen molar-refractivity contribution in [1.82, 2.24) is 4.57 Å². The molecule has 0 unspecified atom stereocenters. The van der Waals surface area contributed by atoms with Crippen molar-refractivity contribution in [3.8, 4) is 16.8 Å². The number of carbonyl (C=O) groups is 1. The van der Waals surface area contributed by atoms with Gasteiger partial charge < -0.3 is 9.88 Å². The van der Waals surface area contributed by atoms with E-state index in [1.54, 1.807) is 0 Å². The van der Waals surface area contributed by atoms with Crippen LogP contribution in [0.2, 0.25) is 0 Å². The van der Waals surface area contributed by atoms with Gasteiger partial charge in [-0.05, 0) is 66.1 Å². The Morgan fingerprint density at radius 3 is 2.19 bits per heavy atom. The predicted octanol–water partition coefficient (Wildman–Crippen LogP) is 5.71. The van der Waals surface area contributed by atoms with E-state index in [9.17, 15) is 4.79 Å². The summed E-state index contributed by atoms with van der Waals surface area (Å²) in [5.41, 5.74) is 5.74. The molecule has 3 aromatic carbocycles. The highest BCUT2D eigenvalue weighted by Crippen LogP contribution is 2.25. The number of anilines is 1. The molecule has 0 saturated heterocycles. The van der Waals surface area contributed by atoms with Crippen LogP contribution in [-0.4, -0.2) is 10.5 Å². The molecule has 1 aromatic heterocycles. The fourth-order valence-electron chi connectivity index (χ4n) is 3.05. The van der Waals surface area contributed by atoms with E-state index in [1.165, 1.54) is 0 Å². The van der Waals surface area contributed by atoms with Gasteiger partial charge in [-0.15, -0.1) is 0 Å². The maximum atomic E-state index is 12.7. The molecule has 1 amide bonds. The van der Waals surface area contributed by atoms with Gasteiger partial charge in [-0.3, -0.25) is 4.79 Å². The average molecular weight is 352 g/mol.